The first-order chi connectivity index (χ1) is 19.2. The molecule has 0 spiro atoms. The van der Waals surface area contributed by atoms with E-state index in [0.29, 0.717) is 24.5 Å². The van der Waals surface area contributed by atoms with E-state index in [0.717, 1.165) is 22.5 Å². The van der Waals surface area contributed by atoms with E-state index in [4.69, 9.17) is 9.47 Å². The Morgan fingerprint density at radius 2 is 1.44 bits per heavy atom. The van der Waals surface area contributed by atoms with Crippen molar-refractivity contribution in [2.75, 3.05) is 13.2 Å². The van der Waals surface area contributed by atoms with Crippen LogP contribution in [0.15, 0.2) is 72.9 Å². The minimum atomic E-state index is -0.349. The first-order valence-electron chi connectivity index (χ1n) is 14.6. The second-order valence-electron chi connectivity index (χ2n) is 14.3. The molecule has 2 aromatic carbocycles. The first-order valence-corrected chi connectivity index (χ1v) is 14.6. The van der Waals surface area contributed by atoms with E-state index in [2.05, 4.69) is 114 Å². The van der Waals surface area contributed by atoms with Crippen LogP contribution in [0, 0.1) is 5.41 Å². The van der Waals surface area contributed by atoms with Gasteiger partial charge in [0.2, 0.25) is 5.78 Å². The van der Waals surface area contributed by atoms with Crippen LogP contribution in [0.1, 0.15) is 117 Å². The van der Waals surface area contributed by atoms with E-state index in [-0.39, 0.29) is 34.2 Å². The number of aromatic amines is 2. The highest BCUT2D eigenvalue weighted by atomic mass is 16.7. The SMILES string of the molecule is CC1(C)COC(c2ccc(C(c3ccc[nH]3)c3ccc(C(=O)c4cc(C(C)(C)C)cc(C(C)(C)C)c4)[nH]3)cc2)OC1. The third-order valence-corrected chi connectivity index (χ3v) is 7.92. The molecule has 5 nitrogen and oxygen atoms in total. The van der Waals surface area contributed by atoms with Crippen LogP contribution in [0.5, 0.6) is 0 Å². The molecule has 41 heavy (non-hydrogen) atoms. The number of carbonyl (C=O) groups is 1. The monoisotopic (exact) mass is 552 g/mol. The van der Waals surface area contributed by atoms with Gasteiger partial charge in [-0.2, -0.15) is 0 Å². The van der Waals surface area contributed by atoms with Gasteiger partial charge in [0.25, 0.3) is 0 Å². The van der Waals surface area contributed by atoms with Crippen molar-refractivity contribution in [2.45, 2.75) is 78.4 Å². The predicted octanol–water partition coefficient (Wildman–Crippen LogP) is 8.42. The highest BCUT2D eigenvalue weighted by molar-refractivity contribution is 6.08. The van der Waals surface area contributed by atoms with E-state index in [1.807, 2.05) is 24.4 Å². The van der Waals surface area contributed by atoms with Crippen LogP contribution in [0.25, 0.3) is 0 Å². The summed E-state index contributed by atoms with van der Waals surface area (Å²) in [7, 11) is 0. The molecule has 216 valence electrons. The van der Waals surface area contributed by atoms with E-state index in [1.54, 1.807) is 0 Å². The third kappa shape index (κ3) is 6.42. The van der Waals surface area contributed by atoms with E-state index in [9.17, 15) is 4.79 Å². The van der Waals surface area contributed by atoms with E-state index >= 15 is 0 Å². The quantitative estimate of drug-likeness (QED) is 0.236. The van der Waals surface area contributed by atoms with Crippen molar-refractivity contribution < 1.29 is 14.3 Å². The summed E-state index contributed by atoms with van der Waals surface area (Å²) in [6, 6.07) is 22.8. The van der Waals surface area contributed by atoms with Crippen molar-refractivity contribution in [1.29, 1.82) is 0 Å². The normalized spacial score (nSPS) is 17.0. The summed E-state index contributed by atoms with van der Waals surface area (Å²) in [5, 5.41) is 0. The second-order valence-corrected chi connectivity index (χ2v) is 14.3. The lowest BCUT2D eigenvalue weighted by atomic mass is 9.79. The molecule has 5 rings (SSSR count). The molecule has 1 fully saturated rings. The fourth-order valence-electron chi connectivity index (χ4n) is 5.27. The molecule has 3 heterocycles. The summed E-state index contributed by atoms with van der Waals surface area (Å²) < 4.78 is 12.0. The van der Waals surface area contributed by atoms with Crippen molar-refractivity contribution in [3.8, 4) is 0 Å². The Kier molecular flexibility index (Phi) is 7.65. The van der Waals surface area contributed by atoms with Crippen molar-refractivity contribution in [3.63, 3.8) is 0 Å². The minimum absolute atomic E-state index is 0.00274. The Hall–Kier alpha value is -3.41. The highest BCUT2D eigenvalue weighted by Gasteiger charge is 2.30. The minimum Gasteiger partial charge on any atom is -0.364 e. The summed E-state index contributed by atoms with van der Waals surface area (Å²) in [6.07, 6.45) is 1.58. The number of benzene rings is 2. The molecule has 0 saturated carbocycles. The average molecular weight is 553 g/mol. The molecule has 0 aliphatic carbocycles. The van der Waals surface area contributed by atoms with Gasteiger partial charge >= 0.3 is 0 Å². The van der Waals surface area contributed by atoms with Crippen LogP contribution in [-0.4, -0.2) is 29.0 Å². The molecule has 2 N–H and O–H groups in total. The van der Waals surface area contributed by atoms with Crippen LogP contribution < -0.4 is 0 Å². The van der Waals surface area contributed by atoms with Gasteiger partial charge in [0, 0.05) is 34.1 Å². The van der Waals surface area contributed by atoms with Gasteiger partial charge in [-0.3, -0.25) is 4.79 Å². The Morgan fingerprint density at radius 1 is 0.829 bits per heavy atom. The topological polar surface area (TPSA) is 67.1 Å². The Morgan fingerprint density at radius 3 is 1.98 bits per heavy atom. The lowest BCUT2D eigenvalue weighted by Gasteiger charge is -2.34. The molecule has 1 unspecified atom stereocenters. The molecule has 1 saturated heterocycles. The summed E-state index contributed by atoms with van der Waals surface area (Å²) >= 11 is 0. The zero-order valence-corrected chi connectivity index (χ0v) is 25.7. The van der Waals surface area contributed by atoms with Gasteiger partial charge in [-0.15, -0.1) is 0 Å². The smallest absolute Gasteiger partial charge is 0.209 e. The van der Waals surface area contributed by atoms with Gasteiger partial charge in [-0.1, -0.05) is 85.7 Å². The van der Waals surface area contributed by atoms with Crippen molar-refractivity contribution in [1.82, 2.24) is 9.97 Å². The standard InChI is InChI=1S/C36H44N2O3/c1-34(2,3)26-18-25(19-27(20-26)35(4,5)6)32(39)30-16-15-29(38-30)31(28-10-9-17-37-28)23-11-13-24(14-12-23)33-40-21-36(7,8)22-41-33/h9-20,31,33,37-38H,21-22H2,1-8H3. The van der Waals surface area contributed by atoms with Crippen LogP contribution in [0.2, 0.25) is 0 Å². The van der Waals surface area contributed by atoms with Crippen LogP contribution in [0.3, 0.4) is 0 Å². The summed E-state index contributed by atoms with van der Waals surface area (Å²) in [5.74, 6) is -0.0817. The molecule has 0 amide bonds. The van der Waals surface area contributed by atoms with Gasteiger partial charge in [0.1, 0.15) is 0 Å². The maximum atomic E-state index is 13.9. The zero-order chi connectivity index (χ0) is 29.6. The largest absolute Gasteiger partial charge is 0.364 e. The number of hydrogen-bond acceptors (Lipinski definition) is 3. The molecule has 4 aromatic rings. The lowest BCUT2D eigenvalue weighted by molar-refractivity contribution is -0.226. The van der Waals surface area contributed by atoms with Crippen molar-refractivity contribution in [3.05, 3.63) is 118 Å². The Balaban J connectivity index is 1.45. The molecule has 0 radical (unpaired) electrons. The summed E-state index contributed by atoms with van der Waals surface area (Å²) in [6.45, 7) is 18.8. The maximum absolute atomic E-state index is 13.9. The average Bonchev–Trinajstić information content (AvgIpc) is 3.61. The Bertz CT molecular complexity index is 1450. The van der Waals surface area contributed by atoms with Gasteiger partial charge in [-0.05, 0) is 63.9 Å². The van der Waals surface area contributed by atoms with Gasteiger partial charge in [-0.25, -0.2) is 0 Å². The third-order valence-electron chi connectivity index (χ3n) is 7.92. The molecule has 5 heteroatoms. The first kappa shape index (κ1) is 29.1. The number of aromatic nitrogens is 2. The summed E-state index contributed by atoms with van der Waals surface area (Å²) in [5.41, 5.74) is 7.66. The van der Waals surface area contributed by atoms with Crippen LogP contribution in [0.4, 0.5) is 0 Å². The number of H-pyrrole nitrogens is 2. The van der Waals surface area contributed by atoms with Gasteiger partial charge < -0.3 is 19.4 Å². The molecular formula is C36H44N2O3. The van der Waals surface area contributed by atoms with Gasteiger partial charge in [0.05, 0.1) is 24.8 Å². The zero-order valence-electron chi connectivity index (χ0n) is 25.7. The van der Waals surface area contributed by atoms with Crippen LogP contribution in [-0.2, 0) is 20.3 Å². The van der Waals surface area contributed by atoms with E-state index in [1.165, 1.54) is 11.1 Å². The number of hydrogen-bond donors (Lipinski definition) is 2. The second kappa shape index (κ2) is 10.8. The van der Waals surface area contributed by atoms with Gasteiger partial charge in [0.15, 0.2) is 6.29 Å². The number of rotatable bonds is 6. The van der Waals surface area contributed by atoms with Crippen molar-refractivity contribution in [2.24, 2.45) is 5.41 Å². The fourth-order valence-corrected chi connectivity index (χ4v) is 5.27. The molecular weight excluding hydrogens is 508 g/mol. The highest BCUT2D eigenvalue weighted by Crippen LogP contribution is 2.35. The maximum Gasteiger partial charge on any atom is 0.209 e. The summed E-state index contributed by atoms with van der Waals surface area (Å²) in [4.78, 5) is 20.7. The van der Waals surface area contributed by atoms with E-state index < -0.39 is 0 Å². The Labute approximate surface area is 244 Å². The molecule has 1 atom stereocenters. The fraction of sp³-hybridized carbons (Fsp3) is 0.417. The number of ketones is 1. The molecule has 0 bridgehead atoms. The number of ether oxygens (including phenoxy) is 2. The molecule has 1 aliphatic heterocycles. The predicted molar refractivity (Wildman–Crippen MR) is 165 cm³/mol. The molecule has 2 aromatic heterocycles. The van der Waals surface area contributed by atoms with Crippen LogP contribution >= 0.6 is 0 Å². The lowest BCUT2D eigenvalue weighted by Crippen LogP contribution is -2.33. The van der Waals surface area contributed by atoms with Crippen molar-refractivity contribution >= 4 is 5.78 Å². The molecule has 1 aliphatic rings. The number of carbonyl (C=O) groups excluding carboxylic acids is 1. The number of nitrogens with one attached hydrogen (secondary N) is 2.